The number of carbonyl (C=O) groups is 1. The van der Waals surface area contributed by atoms with E-state index in [0.29, 0.717) is 5.78 Å². The van der Waals surface area contributed by atoms with E-state index in [1.807, 2.05) is 0 Å². The number of rotatable bonds is 0. The quantitative estimate of drug-likeness (QED) is 0.712. The van der Waals surface area contributed by atoms with Crippen molar-refractivity contribution in [1.82, 2.24) is 4.90 Å². The third kappa shape index (κ3) is 2.00. The third-order valence-corrected chi connectivity index (χ3v) is 6.02. The van der Waals surface area contributed by atoms with Crippen LogP contribution < -0.4 is 0 Å². The van der Waals surface area contributed by atoms with Gasteiger partial charge in [0.1, 0.15) is 5.54 Å². The van der Waals surface area contributed by atoms with E-state index in [-0.39, 0.29) is 5.92 Å². The molecule has 1 spiro atoms. The van der Waals surface area contributed by atoms with Gasteiger partial charge in [-0.2, -0.15) is 0 Å². The number of benzene rings is 2. The predicted octanol–water partition coefficient (Wildman–Crippen LogP) is 4.46. The lowest BCUT2D eigenvalue weighted by Gasteiger charge is -2.42. The standard InChI is InChI=1S/C23H21NO/c1-16-10-11-21-20-9-5-4-6-17(20)12-13-24(21)23(22(16)25)14-18-7-2-3-8-19(18)15-23/h2-9,11-13,16H,10,14-15H2,1H3/t16-/m1/s1. The molecule has 0 saturated heterocycles. The van der Waals surface area contributed by atoms with Crippen molar-refractivity contribution in [3.63, 3.8) is 0 Å². The minimum Gasteiger partial charge on any atom is -0.334 e. The lowest BCUT2D eigenvalue weighted by Crippen LogP contribution is -2.53. The summed E-state index contributed by atoms with van der Waals surface area (Å²) in [5.74, 6) is 0.423. The molecule has 5 rings (SSSR count). The van der Waals surface area contributed by atoms with Crippen molar-refractivity contribution in [3.8, 4) is 0 Å². The molecule has 1 aliphatic carbocycles. The predicted molar refractivity (Wildman–Crippen MR) is 101 cm³/mol. The molecule has 0 unspecified atom stereocenters. The first-order valence-electron chi connectivity index (χ1n) is 9.07. The molecule has 2 aliphatic heterocycles. The highest BCUT2D eigenvalue weighted by atomic mass is 16.1. The van der Waals surface area contributed by atoms with Gasteiger partial charge in [-0.05, 0) is 29.2 Å². The first-order chi connectivity index (χ1) is 12.2. The number of carbonyl (C=O) groups excluding carboxylic acids is 1. The summed E-state index contributed by atoms with van der Waals surface area (Å²) in [6.07, 6.45) is 8.97. The van der Waals surface area contributed by atoms with Gasteiger partial charge in [0.2, 0.25) is 0 Å². The number of hydrogen-bond acceptors (Lipinski definition) is 2. The van der Waals surface area contributed by atoms with E-state index in [1.165, 1.54) is 28.0 Å². The van der Waals surface area contributed by atoms with Crippen molar-refractivity contribution in [1.29, 1.82) is 0 Å². The van der Waals surface area contributed by atoms with Gasteiger partial charge in [0.25, 0.3) is 0 Å². The zero-order valence-electron chi connectivity index (χ0n) is 14.4. The van der Waals surface area contributed by atoms with Crippen molar-refractivity contribution in [2.75, 3.05) is 0 Å². The summed E-state index contributed by atoms with van der Waals surface area (Å²) in [5.41, 5.74) is 5.83. The summed E-state index contributed by atoms with van der Waals surface area (Å²) < 4.78 is 0. The Hall–Kier alpha value is -2.61. The van der Waals surface area contributed by atoms with Crippen LogP contribution in [0.25, 0.3) is 11.8 Å². The van der Waals surface area contributed by atoms with Crippen LogP contribution in [0.3, 0.4) is 0 Å². The van der Waals surface area contributed by atoms with Crippen molar-refractivity contribution in [3.05, 3.63) is 83.1 Å². The Morgan fingerprint density at radius 1 is 1.00 bits per heavy atom. The topological polar surface area (TPSA) is 20.3 Å². The van der Waals surface area contributed by atoms with Gasteiger partial charge in [0, 0.05) is 36.2 Å². The third-order valence-electron chi connectivity index (χ3n) is 6.02. The highest BCUT2D eigenvalue weighted by molar-refractivity contribution is 5.96. The van der Waals surface area contributed by atoms with Crippen LogP contribution >= 0.6 is 0 Å². The largest absolute Gasteiger partial charge is 0.334 e. The maximum Gasteiger partial charge on any atom is 0.162 e. The molecule has 25 heavy (non-hydrogen) atoms. The molecular weight excluding hydrogens is 306 g/mol. The average Bonchev–Trinajstić information content (AvgIpc) is 3.01. The van der Waals surface area contributed by atoms with Crippen molar-refractivity contribution in [2.45, 2.75) is 31.7 Å². The van der Waals surface area contributed by atoms with E-state index in [1.54, 1.807) is 0 Å². The molecule has 0 N–H and O–H groups in total. The Balaban J connectivity index is 1.70. The summed E-state index contributed by atoms with van der Waals surface area (Å²) in [6, 6.07) is 17.0. The summed E-state index contributed by atoms with van der Waals surface area (Å²) >= 11 is 0. The maximum atomic E-state index is 13.5. The number of ketones is 1. The zero-order valence-corrected chi connectivity index (χ0v) is 14.4. The van der Waals surface area contributed by atoms with Crippen LogP contribution in [0, 0.1) is 5.92 Å². The molecule has 2 nitrogen and oxygen atoms in total. The number of fused-ring (bicyclic) bond motifs is 5. The fourth-order valence-electron chi connectivity index (χ4n) is 4.73. The van der Waals surface area contributed by atoms with Crippen LogP contribution in [0.1, 0.15) is 35.6 Å². The molecule has 2 heteroatoms. The zero-order chi connectivity index (χ0) is 17.0. The van der Waals surface area contributed by atoms with Crippen molar-refractivity contribution >= 4 is 17.6 Å². The molecule has 0 radical (unpaired) electrons. The van der Waals surface area contributed by atoms with Crippen molar-refractivity contribution < 1.29 is 4.79 Å². The molecular formula is C23H21NO. The smallest absolute Gasteiger partial charge is 0.162 e. The molecule has 2 aromatic rings. The molecule has 1 atom stereocenters. The van der Waals surface area contributed by atoms with Crippen LogP contribution in [0.15, 0.2) is 60.8 Å². The van der Waals surface area contributed by atoms with E-state index in [4.69, 9.17) is 0 Å². The molecule has 2 aromatic carbocycles. The van der Waals surface area contributed by atoms with Gasteiger partial charge in [-0.1, -0.05) is 61.5 Å². The van der Waals surface area contributed by atoms with Gasteiger partial charge in [0.05, 0.1) is 0 Å². The van der Waals surface area contributed by atoms with Crippen LogP contribution in [-0.2, 0) is 17.6 Å². The molecule has 0 saturated carbocycles. The number of hydrogen-bond donors (Lipinski definition) is 0. The Bertz CT molecular complexity index is 912. The summed E-state index contributed by atoms with van der Waals surface area (Å²) in [6.45, 7) is 2.08. The van der Waals surface area contributed by atoms with Crippen LogP contribution in [-0.4, -0.2) is 16.2 Å². The monoisotopic (exact) mass is 327 g/mol. The minimum absolute atomic E-state index is 0.0491. The fourth-order valence-corrected chi connectivity index (χ4v) is 4.73. The number of nitrogens with zero attached hydrogens (tertiary/aromatic N) is 1. The van der Waals surface area contributed by atoms with Gasteiger partial charge in [0.15, 0.2) is 5.78 Å². The van der Waals surface area contributed by atoms with Crippen LogP contribution in [0.2, 0.25) is 0 Å². The summed E-state index contributed by atoms with van der Waals surface area (Å²) in [7, 11) is 0. The Labute approximate surface area is 148 Å². The second-order valence-electron chi connectivity index (χ2n) is 7.52. The lowest BCUT2D eigenvalue weighted by molar-refractivity contribution is -0.131. The van der Waals surface area contributed by atoms with E-state index in [2.05, 4.69) is 78.7 Å². The molecule has 124 valence electrons. The average molecular weight is 327 g/mol. The molecule has 3 aliphatic rings. The van der Waals surface area contributed by atoms with Gasteiger partial charge in [-0.15, -0.1) is 0 Å². The molecule has 0 amide bonds. The second-order valence-corrected chi connectivity index (χ2v) is 7.52. The van der Waals surface area contributed by atoms with Gasteiger partial charge >= 0.3 is 0 Å². The molecule has 0 aromatic heterocycles. The first kappa shape index (κ1) is 14.7. The van der Waals surface area contributed by atoms with E-state index >= 15 is 0 Å². The Morgan fingerprint density at radius 2 is 1.68 bits per heavy atom. The van der Waals surface area contributed by atoms with E-state index in [9.17, 15) is 4.79 Å². The second kappa shape index (κ2) is 5.19. The highest BCUT2D eigenvalue weighted by Gasteiger charge is 2.51. The minimum atomic E-state index is -0.477. The van der Waals surface area contributed by atoms with Gasteiger partial charge in [-0.25, -0.2) is 0 Å². The van der Waals surface area contributed by atoms with Crippen molar-refractivity contribution in [2.24, 2.45) is 5.92 Å². The highest BCUT2D eigenvalue weighted by Crippen LogP contribution is 2.46. The van der Waals surface area contributed by atoms with Gasteiger partial charge < -0.3 is 4.90 Å². The molecule has 2 heterocycles. The summed E-state index contributed by atoms with van der Waals surface area (Å²) in [5, 5.41) is 0. The van der Waals surface area contributed by atoms with Crippen LogP contribution in [0.5, 0.6) is 0 Å². The molecule has 0 bridgehead atoms. The maximum absolute atomic E-state index is 13.5. The summed E-state index contributed by atoms with van der Waals surface area (Å²) in [4.78, 5) is 15.8. The Kier molecular flexibility index (Phi) is 3.05. The number of Topliss-reactive ketones (excluding diaryl/α,β-unsaturated/α-hetero) is 1. The fraction of sp³-hybridized carbons (Fsp3) is 0.261. The SMILES string of the molecule is C[C@@H]1CC=C2c3ccccc3C=CN2C2(Cc3ccccc3C2)C1=O. The van der Waals surface area contributed by atoms with Gasteiger partial charge in [-0.3, -0.25) is 4.79 Å². The van der Waals surface area contributed by atoms with E-state index in [0.717, 1.165) is 19.3 Å². The Morgan fingerprint density at radius 3 is 2.44 bits per heavy atom. The lowest BCUT2D eigenvalue weighted by atomic mass is 9.81. The number of allylic oxidation sites excluding steroid dienone is 1. The first-order valence-corrected chi connectivity index (χ1v) is 9.07. The van der Waals surface area contributed by atoms with E-state index < -0.39 is 5.54 Å². The molecule has 0 fully saturated rings. The van der Waals surface area contributed by atoms with Crippen LogP contribution in [0.4, 0.5) is 0 Å². The normalized spacial score (nSPS) is 22.9.